The number of amides is 1. The molecule has 3 aliphatic rings. The first-order chi connectivity index (χ1) is 15.0. The third kappa shape index (κ3) is 3.60. The number of nitrogen functional groups attached to an aromatic ring is 1. The van der Waals surface area contributed by atoms with Crippen LogP contribution in [0.1, 0.15) is 28.5 Å². The topological polar surface area (TPSA) is 91.9 Å². The number of aliphatic hydroxyl groups excluding tert-OH is 1. The molecule has 7 nitrogen and oxygen atoms in total. The Morgan fingerprint density at radius 2 is 1.97 bits per heavy atom. The van der Waals surface area contributed by atoms with Crippen LogP contribution in [0.25, 0.3) is 0 Å². The van der Waals surface area contributed by atoms with E-state index in [2.05, 4.69) is 41.1 Å². The Bertz CT molecular complexity index is 966. The van der Waals surface area contributed by atoms with Crippen molar-refractivity contribution in [3.05, 3.63) is 59.3 Å². The molecule has 0 radical (unpaired) electrons. The second kappa shape index (κ2) is 7.89. The van der Waals surface area contributed by atoms with E-state index in [4.69, 9.17) is 10.5 Å². The summed E-state index contributed by atoms with van der Waals surface area (Å²) in [5.41, 5.74) is 8.32. The third-order valence-electron chi connectivity index (χ3n) is 7.19. The zero-order chi connectivity index (χ0) is 21.6. The highest BCUT2D eigenvalue weighted by Gasteiger charge is 2.62. The molecule has 3 aliphatic heterocycles. The number of rotatable bonds is 5. The highest BCUT2D eigenvalue weighted by molar-refractivity contribution is 5.92. The van der Waals surface area contributed by atoms with E-state index in [0.717, 1.165) is 26.1 Å². The van der Waals surface area contributed by atoms with Crippen molar-refractivity contribution in [3.63, 3.8) is 0 Å². The van der Waals surface area contributed by atoms with Crippen LogP contribution in [0.15, 0.2) is 42.5 Å². The molecule has 4 atom stereocenters. The number of hydrogen-bond acceptors (Lipinski definition) is 6. The average Bonchev–Trinajstić information content (AvgIpc) is 3.19. The molecule has 0 aliphatic carbocycles. The maximum atomic E-state index is 13.2. The van der Waals surface area contributed by atoms with Crippen molar-refractivity contribution in [2.24, 2.45) is 11.8 Å². The van der Waals surface area contributed by atoms with E-state index in [0.29, 0.717) is 24.6 Å². The van der Waals surface area contributed by atoms with Crippen molar-refractivity contribution in [2.75, 3.05) is 38.5 Å². The Morgan fingerprint density at radius 3 is 2.68 bits per heavy atom. The van der Waals surface area contributed by atoms with E-state index < -0.39 is 5.60 Å². The Morgan fingerprint density at radius 1 is 1.19 bits per heavy atom. The highest BCUT2D eigenvalue weighted by Crippen LogP contribution is 2.49. The summed E-state index contributed by atoms with van der Waals surface area (Å²) < 4.78 is 6.52. The number of morpholine rings is 1. The molecule has 1 spiro atoms. The fourth-order valence-electron chi connectivity index (χ4n) is 5.68. The van der Waals surface area contributed by atoms with Crippen LogP contribution in [-0.4, -0.2) is 70.3 Å². The number of likely N-dealkylation sites (tertiary alicyclic amines) is 2. The molecule has 1 aromatic heterocycles. The fourth-order valence-corrected chi connectivity index (χ4v) is 5.68. The van der Waals surface area contributed by atoms with Crippen LogP contribution >= 0.6 is 0 Å². The molecule has 2 bridgehead atoms. The number of ether oxygens (including phenoxy) is 1. The van der Waals surface area contributed by atoms with Gasteiger partial charge < -0.3 is 20.5 Å². The lowest BCUT2D eigenvalue weighted by Crippen LogP contribution is -2.55. The van der Waals surface area contributed by atoms with Gasteiger partial charge in [-0.1, -0.05) is 37.3 Å². The number of benzene rings is 1. The molecule has 5 rings (SSSR count). The first kappa shape index (κ1) is 20.4. The summed E-state index contributed by atoms with van der Waals surface area (Å²) in [6, 6.07) is 13.9. The summed E-state index contributed by atoms with van der Waals surface area (Å²) in [6.07, 6.45) is 0.897. The molecule has 1 amide bonds. The lowest BCUT2D eigenvalue weighted by atomic mass is 9.83. The maximum absolute atomic E-state index is 13.2. The fraction of sp³-hybridized carbons (Fsp3) is 0.500. The Kier molecular flexibility index (Phi) is 5.20. The first-order valence-corrected chi connectivity index (χ1v) is 11.1. The van der Waals surface area contributed by atoms with Gasteiger partial charge in [-0.2, -0.15) is 0 Å². The molecule has 0 saturated carbocycles. The van der Waals surface area contributed by atoms with Crippen LogP contribution in [0.5, 0.6) is 0 Å². The predicted octanol–water partition coefficient (Wildman–Crippen LogP) is 1.56. The predicted molar refractivity (Wildman–Crippen MR) is 117 cm³/mol. The minimum absolute atomic E-state index is 0.0408. The molecule has 3 fully saturated rings. The Balaban J connectivity index is 1.35. The maximum Gasteiger partial charge on any atom is 0.272 e. The van der Waals surface area contributed by atoms with E-state index in [1.54, 1.807) is 18.2 Å². The zero-order valence-corrected chi connectivity index (χ0v) is 17.9. The lowest BCUT2D eigenvalue weighted by Gasteiger charge is -2.40. The van der Waals surface area contributed by atoms with Crippen molar-refractivity contribution < 1.29 is 14.6 Å². The molecular formula is C24H30N4O3. The third-order valence-corrected chi connectivity index (χ3v) is 7.19. The van der Waals surface area contributed by atoms with Crippen LogP contribution in [0.3, 0.4) is 0 Å². The van der Waals surface area contributed by atoms with Crippen LogP contribution in [-0.2, 0) is 17.7 Å². The van der Waals surface area contributed by atoms with E-state index in [1.165, 1.54) is 11.1 Å². The average molecular weight is 423 g/mol. The molecule has 164 valence electrons. The van der Waals surface area contributed by atoms with Crippen molar-refractivity contribution in [2.45, 2.75) is 31.6 Å². The van der Waals surface area contributed by atoms with Gasteiger partial charge in [-0.25, -0.2) is 4.98 Å². The largest absolute Gasteiger partial charge is 0.396 e. The summed E-state index contributed by atoms with van der Waals surface area (Å²) >= 11 is 0. The van der Waals surface area contributed by atoms with Gasteiger partial charge in [0.15, 0.2) is 0 Å². The minimum Gasteiger partial charge on any atom is -0.396 e. The van der Waals surface area contributed by atoms with Crippen molar-refractivity contribution in [1.29, 1.82) is 0 Å². The number of nitrogens with two attached hydrogens (primary N) is 1. The van der Waals surface area contributed by atoms with Crippen LogP contribution in [0, 0.1) is 11.8 Å². The van der Waals surface area contributed by atoms with Gasteiger partial charge in [0.1, 0.15) is 17.1 Å². The number of hydrogen-bond donors (Lipinski definition) is 2. The number of pyridine rings is 1. The number of carbonyl (C=O) groups excluding carboxylic acids is 1. The standard InChI is InChI=1S/C24H30N4O3/c1-2-16-6-8-17(9-7-16)10-27-11-19-18(13-29)21-12-28(15-24(19,14-27)31-21)23(30)20-4-3-5-22(25)26-20/h3-9,18-19,21,29H,2,10-15H2,1H3,(H2,25,26)/t18-,19+,21+,24-/m0/s1. The second-order valence-electron chi connectivity index (χ2n) is 9.15. The summed E-state index contributed by atoms with van der Waals surface area (Å²) in [6.45, 7) is 5.72. The number of aliphatic hydroxyl groups is 1. The number of aryl methyl sites for hydroxylation is 1. The Hall–Kier alpha value is -2.48. The smallest absolute Gasteiger partial charge is 0.272 e. The number of aromatic nitrogens is 1. The normalized spacial score (nSPS) is 29.9. The van der Waals surface area contributed by atoms with Crippen molar-refractivity contribution in [3.8, 4) is 0 Å². The molecule has 3 N–H and O–H groups in total. The molecule has 4 heterocycles. The van der Waals surface area contributed by atoms with E-state index in [9.17, 15) is 9.90 Å². The summed E-state index contributed by atoms with van der Waals surface area (Å²) in [7, 11) is 0. The van der Waals surface area contributed by atoms with E-state index in [-0.39, 0.29) is 30.5 Å². The Labute approximate surface area is 182 Å². The lowest BCUT2D eigenvalue weighted by molar-refractivity contribution is -0.108. The van der Waals surface area contributed by atoms with Crippen molar-refractivity contribution >= 4 is 11.7 Å². The number of anilines is 1. The monoisotopic (exact) mass is 422 g/mol. The van der Waals surface area contributed by atoms with Crippen LogP contribution in [0.2, 0.25) is 0 Å². The molecule has 7 heteroatoms. The van der Waals surface area contributed by atoms with Gasteiger partial charge >= 0.3 is 0 Å². The van der Waals surface area contributed by atoms with Crippen molar-refractivity contribution in [1.82, 2.24) is 14.8 Å². The van der Waals surface area contributed by atoms with Gasteiger partial charge in [-0.15, -0.1) is 0 Å². The quantitative estimate of drug-likeness (QED) is 0.760. The highest BCUT2D eigenvalue weighted by atomic mass is 16.5. The first-order valence-electron chi connectivity index (χ1n) is 11.1. The molecule has 0 unspecified atom stereocenters. The second-order valence-corrected chi connectivity index (χ2v) is 9.15. The molecule has 3 saturated heterocycles. The molecule has 2 aromatic rings. The summed E-state index contributed by atoms with van der Waals surface area (Å²) in [4.78, 5) is 21.6. The number of fused-ring (bicyclic) bond motifs is 1. The van der Waals surface area contributed by atoms with Gasteiger partial charge in [0.05, 0.1) is 12.6 Å². The van der Waals surface area contributed by atoms with Gasteiger partial charge in [-0.05, 0) is 29.7 Å². The van der Waals surface area contributed by atoms with Crippen LogP contribution < -0.4 is 5.73 Å². The van der Waals surface area contributed by atoms with E-state index >= 15 is 0 Å². The number of carbonyl (C=O) groups is 1. The molecule has 31 heavy (non-hydrogen) atoms. The molecular weight excluding hydrogens is 392 g/mol. The van der Waals surface area contributed by atoms with Gasteiger partial charge in [0.25, 0.3) is 5.91 Å². The SMILES string of the molecule is CCc1ccc(CN2C[C@@H]3[C@H](CO)[C@H]4CN(C(=O)c5cccc(N)n5)C[C@]3(C2)O4)cc1. The molecule has 1 aromatic carbocycles. The van der Waals surface area contributed by atoms with Gasteiger partial charge in [-0.3, -0.25) is 9.69 Å². The minimum atomic E-state index is -0.435. The summed E-state index contributed by atoms with van der Waals surface area (Å²) in [5, 5.41) is 10.1. The van der Waals surface area contributed by atoms with Gasteiger partial charge in [0, 0.05) is 44.6 Å². The zero-order valence-electron chi connectivity index (χ0n) is 17.9. The summed E-state index contributed by atoms with van der Waals surface area (Å²) in [5.74, 6) is 0.474. The van der Waals surface area contributed by atoms with Crippen LogP contribution in [0.4, 0.5) is 5.82 Å². The van der Waals surface area contributed by atoms with Gasteiger partial charge in [0.2, 0.25) is 0 Å². The number of nitrogens with zero attached hydrogens (tertiary/aromatic N) is 3. The van der Waals surface area contributed by atoms with E-state index in [1.807, 2.05) is 4.90 Å².